The number of nitrogens with one attached hydrogen (secondary N) is 1. The second kappa shape index (κ2) is 5.81. The van der Waals surface area contributed by atoms with Crippen LogP contribution in [0.3, 0.4) is 0 Å². The Kier molecular flexibility index (Phi) is 3.88. The first-order chi connectivity index (χ1) is 10.2. The van der Waals surface area contributed by atoms with Crippen LogP contribution in [0.15, 0.2) is 24.7 Å². The van der Waals surface area contributed by atoms with Crippen LogP contribution in [0.4, 0.5) is 5.82 Å². The van der Waals surface area contributed by atoms with E-state index in [0.717, 1.165) is 28.5 Å². The Balaban J connectivity index is 1.83. The summed E-state index contributed by atoms with van der Waals surface area (Å²) in [4.78, 5) is 10.2. The zero-order valence-corrected chi connectivity index (χ0v) is 13.3. The second-order valence-electron chi connectivity index (χ2n) is 5.26. The fourth-order valence-electron chi connectivity index (χ4n) is 2.11. The molecule has 0 spiro atoms. The highest BCUT2D eigenvalue weighted by Gasteiger charge is 2.10. The number of anilines is 1. The van der Waals surface area contributed by atoms with Gasteiger partial charge in [-0.05, 0) is 18.4 Å². The first-order valence-corrected chi connectivity index (χ1v) is 8.00. The van der Waals surface area contributed by atoms with Crippen molar-refractivity contribution in [2.45, 2.75) is 39.7 Å². The molecular formula is C15H19N5S. The quantitative estimate of drug-likeness (QED) is 0.784. The van der Waals surface area contributed by atoms with Gasteiger partial charge < -0.3 is 5.32 Å². The van der Waals surface area contributed by atoms with Crippen molar-refractivity contribution >= 4 is 22.7 Å². The number of hydrogen-bond acceptors (Lipinski definition) is 5. The molecule has 5 nitrogen and oxygen atoms in total. The summed E-state index contributed by atoms with van der Waals surface area (Å²) in [6.45, 7) is 7.13. The first-order valence-electron chi connectivity index (χ1n) is 7.19. The normalized spacial score (nSPS) is 11.4. The molecule has 1 N–H and O–H groups in total. The SMILES string of the molecule is CCc1cnc(CNc2nccn3nc(C(C)C)cc23)s1. The lowest BCUT2D eigenvalue weighted by molar-refractivity contribution is 0.787. The summed E-state index contributed by atoms with van der Waals surface area (Å²) in [5.74, 6) is 1.26. The van der Waals surface area contributed by atoms with E-state index in [-0.39, 0.29) is 0 Å². The van der Waals surface area contributed by atoms with Crippen molar-refractivity contribution in [2.24, 2.45) is 0 Å². The lowest BCUT2D eigenvalue weighted by Gasteiger charge is -2.04. The van der Waals surface area contributed by atoms with Crippen molar-refractivity contribution in [1.29, 1.82) is 0 Å². The molecule has 0 unspecified atom stereocenters. The Morgan fingerprint density at radius 2 is 2.19 bits per heavy atom. The summed E-state index contributed by atoms with van der Waals surface area (Å²) in [6.07, 6.45) is 6.63. The molecule has 0 saturated carbocycles. The van der Waals surface area contributed by atoms with Crippen molar-refractivity contribution in [3.05, 3.63) is 40.2 Å². The third kappa shape index (κ3) is 2.90. The third-order valence-corrected chi connectivity index (χ3v) is 4.50. The smallest absolute Gasteiger partial charge is 0.152 e. The summed E-state index contributed by atoms with van der Waals surface area (Å²) in [6, 6.07) is 2.10. The molecule has 0 aliphatic rings. The number of hydrogen-bond donors (Lipinski definition) is 1. The molecule has 0 atom stereocenters. The Hall–Kier alpha value is -1.95. The summed E-state index contributed by atoms with van der Waals surface area (Å²) < 4.78 is 1.88. The molecule has 0 amide bonds. The average Bonchev–Trinajstić information content (AvgIpc) is 3.11. The van der Waals surface area contributed by atoms with Crippen LogP contribution in [-0.2, 0) is 13.0 Å². The molecule has 3 heterocycles. The van der Waals surface area contributed by atoms with Gasteiger partial charge in [0.15, 0.2) is 5.82 Å². The Labute approximate surface area is 128 Å². The number of rotatable bonds is 5. The van der Waals surface area contributed by atoms with Crippen molar-refractivity contribution in [3.8, 4) is 0 Å². The largest absolute Gasteiger partial charge is 0.362 e. The van der Waals surface area contributed by atoms with Crippen molar-refractivity contribution in [3.63, 3.8) is 0 Å². The third-order valence-electron chi connectivity index (χ3n) is 3.36. The molecule has 3 aromatic heterocycles. The van der Waals surface area contributed by atoms with E-state index in [2.05, 4.69) is 47.2 Å². The van der Waals surface area contributed by atoms with E-state index >= 15 is 0 Å². The van der Waals surface area contributed by atoms with E-state index in [1.165, 1.54) is 4.88 Å². The molecule has 3 rings (SSSR count). The van der Waals surface area contributed by atoms with E-state index in [4.69, 9.17) is 0 Å². The minimum atomic E-state index is 0.406. The predicted molar refractivity (Wildman–Crippen MR) is 85.9 cm³/mol. The molecule has 0 bridgehead atoms. The fraction of sp³-hybridized carbons (Fsp3) is 0.400. The van der Waals surface area contributed by atoms with E-state index in [1.807, 2.05) is 16.9 Å². The van der Waals surface area contributed by atoms with Gasteiger partial charge in [-0.25, -0.2) is 14.5 Å². The molecule has 0 aliphatic carbocycles. The van der Waals surface area contributed by atoms with E-state index in [9.17, 15) is 0 Å². The van der Waals surface area contributed by atoms with Crippen LogP contribution in [0.5, 0.6) is 0 Å². The van der Waals surface area contributed by atoms with Crippen LogP contribution in [0, 0.1) is 0 Å². The van der Waals surface area contributed by atoms with Gasteiger partial charge in [0.2, 0.25) is 0 Å². The molecular weight excluding hydrogens is 282 g/mol. The van der Waals surface area contributed by atoms with E-state index in [0.29, 0.717) is 12.5 Å². The summed E-state index contributed by atoms with van der Waals surface area (Å²) >= 11 is 1.74. The van der Waals surface area contributed by atoms with E-state index < -0.39 is 0 Å². The average molecular weight is 301 g/mol. The van der Waals surface area contributed by atoms with Gasteiger partial charge >= 0.3 is 0 Å². The van der Waals surface area contributed by atoms with Crippen LogP contribution < -0.4 is 5.32 Å². The van der Waals surface area contributed by atoms with Crippen LogP contribution in [-0.4, -0.2) is 19.6 Å². The Morgan fingerprint density at radius 3 is 2.90 bits per heavy atom. The summed E-state index contributed by atoms with van der Waals surface area (Å²) in [5, 5.41) is 9.02. The van der Waals surface area contributed by atoms with Gasteiger partial charge in [0, 0.05) is 23.5 Å². The first kappa shape index (κ1) is 14.0. The highest BCUT2D eigenvalue weighted by atomic mass is 32.1. The molecule has 3 aromatic rings. The molecule has 0 aromatic carbocycles. The monoisotopic (exact) mass is 301 g/mol. The number of nitrogens with zero attached hydrogens (tertiary/aromatic N) is 4. The van der Waals surface area contributed by atoms with Gasteiger partial charge in [-0.3, -0.25) is 0 Å². The molecule has 6 heteroatoms. The van der Waals surface area contributed by atoms with Gasteiger partial charge in [-0.1, -0.05) is 20.8 Å². The lowest BCUT2D eigenvalue weighted by Crippen LogP contribution is -2.03. The highest BCUT2D eigenvalue weighted by Crippen LogP contribution is 2.21. The lowest BCUT2D eigenvalue weighted by atomic mass is 10.1. The standard InChI is InChI=1S/C15H19N5S/c1-4-11-8-17-14(21-11)9-18-15-13-7-12(10(2)3)19-20(13)6-5-16-15/h5-8,10H,4,9H2,1-3H3,(H,16,18). The molecule has 0 radical (unpaired) electrons. The van der Waals surface area contributed by atoms with Crippen LogP contribution >= 0.6 is 11.3 Å². The van der Waals surface area contributed by atoms with E-state index in [1.54, 1.807) is 17.5 Å². The molecule has 110 valence electrons. The Bertz CT molecular complexity index is 743. The zero-order chi connectivity index (χ0) is 14.8. The van der Waals surface area contributed by atoms with Crippen molar-refractivity contribution < 1.29 is 0 Å². The number of aromatic nitrogens is 4. The highest BCUT2D eigenvalue weighted by molar-refractivity contribution is 7.11. The van der Waals surface area contributed by atoms with Gasteiger partial charge in [0.05, 0.1) is 12.2 Å². The fourth-order valence-corrected chi connectivity index (χ4v) is 2.91. The molecule has 0 aliphatic heterocycles. The topological polar surface area (TPSA) is 55.1 Å². The van der Waals surface area contributed by atoms with Crippen LogP contribution in [0.25, 0.3) is 5.52 Å². The van der Waals surface area contributed by atoms with Crippen molar-refractivity contribution in [1.82, 2.24) is 19.6 Å². The molecule has 0 fully saturated rings. The number of fused-ring (bicyclic) bond motifs is 1. The number of thiazole rings is 1. The van der Waals surface area contributed by atoms with Crippen molar-refractivity contribution in [2.75, 3.05) is 5.32 Å². The minimum absolute atomic E-state index is 0.406. The van der Waals surface area contributed by atoms with Crippen LogP contribution in [0.1, 0.15) is 42.3 Å². The van der Waals surface area contributed by atoms with Gasteiger partial charge in [0.25, 0.3) is 0 Å². The second-order valence-corrected chi connectivity index (χ2v) is 6.46. The Morgan fingerprint density at radius 1 is 1.33 bits per heavy atom. The maximum atomic E-state index is 4.57. The maximum Gasteiger partial charge on any atom is 0.152 e. The zero-order valence-electron chi connectivity index (χ0n) is 12.5. The molecule has 21 heavy (non-hydrogen) atoms. The summed E-state index contributed by atoms with van der Waals surface area (Å²) in [5.41, 5.74) is 2.09. The number of aryl methyl sites for hydroxylation is 1. The maximum absolute atomic E-state index is 4.57. The van der Waals surface area contributed by atoms with Gasteiger partial charge in [-0.2, -0.15) is 5.10 Å². The van der Waals surface area contributed by atoms with Crippen LogP contribution in [0.2, 0.25) is 0 Å². The molecule has 0 saturated heterocycles. The summed E-state index contributed by atoms with van der Waals surface area (Å²) in [7, 11) is 0. The minimum Gasteiger partial charge on any atom is -0.362 e. The van der Waals surface area contributed by atoms with Gasteiger partial charge in [0.1, 0.15) is 10.5 Å². The van der Waals surface area contributed by atoms with Gasteiger partial charge in [-0.15, -0.1) is 11.3 Å². The predicted octanol–water partition coefficient (Wildman–Crippen LogP) is 3.48.